The third-order valence-corrected chi connectivity index (χ3v) is 5.63. The molecule has 2 aromatic rings. The van der Waals surface area contributed by atoms with E-state index in [4.69, 9.17) is 10.1 Å². The number of ketones is 1. The third-order valence-electron chi connectivity index (χ3n) is 5.63. The second kappa shape index (κ2) is 6.93. The van der Waals surface area contributed by atoms with Crippen LogP contribution in [0.4, 0.5) is 0 Å². The Kier molecular flexibility index (Phi) is 4.63. The summed E-state index contributed by atoms with van der Waals surface area (Å²) in [6, 6.07) is 10.5. The molecule has 0 spiro atoms. The molecule has 0 radical (unpaired) electrons. The van der Waals surface area contributed by atoms with Crippen LogP contribution in [-0.4, -0.2) is 26.6 Å². The lowest BCUT2D eigenvalue weighted by molar-refractivity contribution is -0.118. The van der Waals surface area contributed by atoms with Gasteiger partial charge in [-0.25, -0.2) is 20.5 Å². The molecule has 1 aromatic carbocycles. The van der Waals surface area contributed by atoms with Crippen molar-refractivity contribution in [2.24, 2.45) is 0 Å². The molecular formula is C20H27N5O. The number of unbranched alkanes of at least 4 members (excludes halogenated alkanes) is 1. The van der Waals surface area contributed by atoms with Crippen LogP contribution in [0.1, 0.15) is 69.2 Å². The standard InChI is InChI=1S/C20H27N5O/c1-3-4-12-25-18(17-13-16(14(2)26)22-23-17)21-19(24-25)20(10-11-20)15-8-6-5-7-9-15/h5-9,16-17,22-23H,3-4,10-13H2,1-2H3. The molecule has 0 amide bonds. The van der Waals surface area contributed by atoms with Gasteiger partial charge < -0.3 is 0 Å². The van der Waals surface area contributed by atoms with Gasteiger partial charge in [-0.05, 0) is 38.2 Å². The van der Waals surface area contributed by atoms with Crippen molar-refractivity contribution >= 4 is 5.78 Å². The number of nitrogens with one attached hydrogen (secondary N) is 2. The second-order valence-electron chi connectivity index (χ2n) is 7.56. The fraction of sp³-hybridized carbons (Fsp3) is 0.550. The molecular weight excluding hydrogens is 326 g/mol. The van der Waals surface area contributed by atoms with E-state index in [1.165, 1.54) is 5.56 Å². The number of nitrogens with zero attached hydrogens (tertiary/aromatic N) is 3. The molecule has 1 saturated carbocycles. The Morgan fingerprint density at radius 2 is 2.04 bits per heavy atom. The molecule has 6 nitrogen and oxygen atoms in total. The first-order valence-corrected chi connectivity index (χ1v) is 9.66. The maximum absolute atomic E-state index is 11.7. The van der Waals surface area contributed by atoms with E-state index in [0.29, 0.717) is 0 Å². The average molecular weight is 353 g/mol. The van der Waals surface area contributed by atoms with E-state index in [1.54, 1.807) is 6.92 Å². The van der Waals surface area contributed by atoms with Gasteiger partial charge in [-0.2, -0.15) is 5.10 Å². The molecule has 1 aromatic heterocycles. The van der Waals surface area contributed by atoms with Crippen LogP contribution < -0.4 is 10.9 Å². The van der Waals surface area contributed by atoms with Crippen LogP contribution in [0.15, 0.2) is 30.3 Å². The van der Waals surface area contributed by atoms with E-state index < -0.39 is 0 Å². The number of hydrazine groups is 1. The molecule has 1 aliphatic heterocycles. The number of Topliss-reactive ketones (excluding diaryl/α,β-unsaturated/α-hetero) is 1. The van der Waals surface area contributed by atoms with Crippen LogP contribution in [0.3, 0.4) is 0 Å². The van der Waals surface area contributed by atoms with Crippen molar-refractivity contribution in [3.05, 3.63) is 47.5 Å². The van der Waals surface area contributed by atoms with Gasteiger partial charge in [0.2, 0.25) is 0 Å². The molecule has 2 N–H and O–H groups in total. The van der Waals surface area contributed by atoms with E-state index in [-0.39, 0.29) is 23.3 Å². The van der Waals surface area contributed by atoms with Crippen LogP contribution >= 0.6 is 0 Å². The number of aromatic nitrogens is 3. The molecule has 2 fully saturated rings. The van der Waals surface area contributed by atoms with Crippen LogP contribution in [-0.2, 0) is 16.8 Å². The summed E-state index contributed by atoms with van der Waals surface area (Å²) in [5.74, 6) is 2.04. The van der Waals surface area contributed by atoms with Crippen LogP contribution in [0.2, 0.25) is 0 Å². The summed E-state index contributed by atoms with van der Waals surface area (Å²) in [5.41, 5.74) is 7.63. The smallest absolute Gasteiger partial charge is 0.161 e. The SMILES string of the molecule is CCCCn1nc(C2(c3ccccc3)CC2)nc1C1CC(C(C)=O)NN1. The Balaban J connectivity index is 1.65. The van der Waals surface area contributed by atoms with Crippen molar-refractivity contribution in [1.82, 2.24) is 25.6 Å². The minimum atomic E-state index is -0.149. The van der Waals surface area contributed by atoms with Crippen molar-refractivity contribution in [3.63, 3.8) is 0 Å². The zero-order chi connectivity index (χ0) is 18.1. The van der Waals surface area contributed by atoms with E-state index in [9.17, 15) is 4.79 Å². The first kappa shape index (κ1) is 17.4. The van der Waals surface area contributed by atoms with Crippen LogP contribution in [0.5, 0.6) is 0 Å². The van der Waals surface area contributed by atoms with Crippen molar-refractivity contribution in [2.75, 3.05) is 0 Å². The maximum Gasteiger partial charge on any atom is 0.161 e. The van der Waals surface area contributed by atoms with Crippen molar-refractivity contribution in [3.8, 4) is 0 Å². The molecule has 4 rings (SSSR count). The van der Waals surface area contributed by atoms with Gasteiger partial charge in [-0.1, -0.05) is 43.7 Å². The van der Waals surface area contributed by atoms with Crippen LogP contribution in [0.25, 0.3) is 0 Å². The van der Waals surface area contributed by atoms with Gasteiger partial charge in [-0.15, -0.1) is 0 Å². The second-order valence-corrected chi connectivity index (χ2v) is 7.56. The Bertz CT molecular complexity index is 781. The third kappa shape index (κ3) is 3.08. The minimum absolute atomic E-state index is 0.0218. The number of carbonyl (C=O) groups excluding carboxylic acids is 1. The highest BCUT2D eigenvalue weighted by Crippen LogP contribution is 2.52. The number of aryl methyl sites for hydroxylation is 1. The number of carbonyl (C=O) groups is 1. The molecule has 2 heterocycles. The summed E-state index contributed by atoms with van der Waals surface area (Å²) >= 11 is 0. The topological polar surface area (TPSA) is 71.8 Å². The minimum Gasteiger partial charge on any atom is -0.298 e. The van der Waals surface area contributed by atoms with Gasteiger partial charge in [0.05, 0.1) is 17.5 Å². The van der Waals surface area contributed by atoms with Gasteiger partial charge in [0.1, 0.15) is 11.6 Å². The fourth-order valence-corrected chi connectivity index (χ4v) is 3.80. The predicted octanol–water partition coefficient (Wildman–Crippen LogP) is 2.65. The molecule has 26 heavy (non-hydrogen) atoms. The highest BCUT2D eigenvalue weighted by atomic mass is 16.1. The summed E-state index contributed by atoms with van der Waals surface area (Å²) in [4.78, 5) is 16.7. The Labute approximate surface area is 154 Å². The number of hydrogen-bond acceptors (Lipinski definition) is 5. The zero-order valence-corrected chi connectivity index (χ0v) is 15.5. The summed E-state index contributed by atoms with van der Waals surface area (Å²) in [7, 11) is 0. The average Bonchev–Trinajstić information content (AvgIpc) is 3.13. The molecule has 0 bridgehead atoms. The zero-order valence-electron chi connectivity index (χ0n) is 15.5. The van der Waals surface area contributed by atoms with Gasteiger partial charge in [-0.3, -0.25) is 4.79 Å². The van der Waals surface area contributed by atoms with Gasteiger partial charge in [0.15, 0.2) is 5.82 Å². The lowest BCUT2D eigenvalue weighted by atomic mass is 9.95. The highest BCUT2D eigenvalue weighted by Gasteiger charge is 2.50. The Morgan fingerprint density at radius 3 is 2.65 bits per heavy atom. The van der Waals surface area contributed by atoms with Crippen molar-refractivity contribution < 1.29 is 4.79 Å². The van der Waals surface area contributed by atoms with Crippen molar-refractivity contribution in [1.29, 1.82) is 0 Å². The fourth-order valence-electron chi connectivity index (χ4n) is 3.80. The maximum atomic E-state index is 11.7. The van der Waals surface area contributed by atoms with E-state index in [1.807, 2.05) is 6.07 Å². The molecule has 2 unspecified atom stereocenters. The molecule has 2 aliphatic rings. The van der Waals surface area contributed by atoms with E-state index in [0.717, 1.165) is 50.3 Å². The van der Waals surface area contributed by atoms with Gasteiger partial charge in [0.25, 0.3) is 0 Å². The highest BCUT2D eigenvalue weighted by molar-refractivity contribution is 5.81. The molecule has 2 atom stereocenters. The van der Waals surface area contributed by atoms with Crippen molar-refractivity contribution in [2.45, 2.75) is 70.0 Å². The Morgan fingerprint density at radius 1 is 1.27 bits per heavy atom. The molecule has 1 aliphatic carbocycles. The van der Waals surface area contributed by atoms with Gasteiger partial charge in [0, 0.05) is 6.54 Å². The predicted molar refractivity (Wildman–Crippen MR) is 99.5 cm³/mol. The first-order chi connectivity index (χ1) is 12.6. The summed E-state index contributed by atoms with van der Waals surface area (Å²) in [6.07, 6.45) is 5.11. The van der Waals surface area contributed by atoms with Gasteiger partial charge >= 0.3 is 0 Å². The number of rotatable bonds is 7. The van der Waals surface area contributed by atoms with Crippen LogP contribution in [0, 0.1) is 0 Å². The normalized spacial score (nSPS) is 23.9. The number of hydrogen-bond donors (Lipinski definition) is 2. The van der Waals surface area contributed by atoms with E-state index in [2.05, 4.69) is 46.7 Å². The summed E-state index contributed by atoms with van der Waals surface area (Å²) < 4.78 is 2.06. The molecule has 1 saturated heterocycles. The first-order valence-electron chi connectivity index (χ1n) is 9.66. The Hall–Kier alpha value is -2.05. The summed E-state index contributed by atoms with van der Waals surface area (Å²) in [5, 5.41) is 4.93. The lowest BCUT2D eigenvalue weighted by Gasteiger charge is -2.11. The molecule has 6 heteroatoms. The summed E-state index contributed by atoms with van der Waals surface area (Å²) in [6.45, 7) is 4.68. The molecule has 138 valence electrons. The number of benzene rings is 1. The largest absolute Gasteiger partial charge is 0.298 e. The monoisotopic (exact) mass is 353 g/mol. The quantitative estimate of drug-likeness (QED) is 0.801. The lowest BCUT2D eigenvalue weighted by Crippen LogP contribution is -2.35. The van der Waals surface area contributed by atoms with E-state index >= 15 is 0 Å².